The number of carbonyl (C=O) groups excluding carboxylic acids is 3. The fourth-order valence-corrected chi connectivity index (χ4v) is 5.25. The predicted octanol–water partition coefficient (Wildman–Crippen LogP) is 1.77. The van der Waals surface area contributed by atoms with E-state index in [9.17, 15) is 14.4 Å². The number of imide groups is 1. The molecule has 7 nitrogen and oxygen atoms in total. The lowest BCUT2D eigenvalue weighted by atomic mass is 9.97. The third-order valence-corrected chi connectivity index (χ3v) is 6.91. The molecule has 2 aromatic carbocycles. The minimum atomic E-state index is -0.587. The van der Waals surface area contributed by atoms with Crippen LogP contribution in [0.5, 0.6) is 0 Å². The van der Waals surface area contributed by atoms with E-state index in [1.54, 1.807) is 4.90 Å². The third kappa shape index (κ3) is 3.72. The fourth-order valence-electron chi connectivity index (χ4n) is 5.25. The van der Waals surface area contributed by atoms with E-state index in [4.69, 9.17) is 0 Å². The van der Waals surface area contributed by atoms with Crippen LogP contribution >= 0.6 is 0 Å². The number of nitrogens with one attached hydrogen (secondary N) is 2. The highest BCUT2D eigenvalue weighted by Crippen LogP contribution is 2.32. The van der Waals surface area contributed by atoms with Crippen LogP contribution in [0, 0.1) is 0 Å². The van der Waals surface area contributed by atoms with Crippen molar-refractivity contribution >= 4 is 17.7 Å². The molecule has 3 amide bonds. The number of fused-ring (bicyclic) bond motifs is 2. The van der Waals surface area contributed by atoms with Gasteiger partial charge in [-0.3, -0.25) is 24.6 Å². The van der Waals surface area contributed by atoms with Crippen LogP contribution in [0.15, 0.2) is 42.5 Å². The van der Waals surface area contributed by atoms with Crippen molar-refractivity contribution in [3.05, 3.63) is 70.3 Å². The largest absolute Gasteiger partial charge is 0.322 e. The molecule has 3 heterocycles. The topological polar surface area (TPSA) is 81.8 Å². The second-order valence-electron chi connectivity index (χ2n) is 8.94. The number of benzene rings is 2. The zero-order valence-electron chi connectivity index (χ0n) is 18.3. The van der Waals surface area contributed by atoms with Crippen LogP contribution in [0.2, 0.25) is 0 Å². The summed E-state index contributed by atoms with van der Waals surface area (Å²) in [6.07, 6.45) is 1.66. The SMILES string of the molecule is CN(Cc1cccc2c1C(=O)N(C1CCC(=O)NC1=O)C2)C1CNCCc2ccccc21. The number of amides is 3. The van der Waals surface area contributed by atoms with Gasteiger partial charge in [0.05, 0.1) is 0 Å². The van der Waals surface area contributed by atoms with E-state index in [1.165, 1.54) is 11.1 Å². The van der Waals surface area contributed by atoms with Gasteiger partial charge in [0.2, 0.25) is 11.8 Å². The lowest BCUT2D eigenvalue weighted by Gasteiger charge is -2.30. The molecule has 0 radical (unpaired) electrons. The lowest BCUT2D eigenvalue weighted by Crippen LogP contribution is -2.52. The van der Waals surface area contributed by atoms with Gasteiger partial charge in [-0.25, -0.2) is 0 Å². The van der Waals surface area contributed by atoms with Crippen molar-refractivity contribution in [2.75, 3.05) is 20.1 Å². The van der Waals surface area contributed by atoms with Gasteiger partial charge in [-0.2, -0.15) is 0 Å². The zero-order chi connectivity index (χ0) is 22.2. The molecule has 1 saturated heterocycles. The maximum absolute atomic E-state index is 13.4. The van der Waals surface area contributed by atoms with Crippen LogP contribution in [-0.4, -0.2) is 53.7 Å². The summed E-state index contributed by atoms with van der Waals surface area (Å²) >= 11 is 0. The molecule has 1 fully saturated rings. The molecule has 5 rings (SSSR count). The van der Waals surface area contributed by atoms with Gasteiger partial charge in [0.1, 0.15) is 6.04 Å². The van der Waals surface area contributed by atoms with Gasteiger partial charge in [0.25, 0.3) is 5.91 Å². The van der Waals surface area contributed by atoms with Gasteiger partial charge in [0, 0.05) is 37.7 Å². The minimum absolute atomic E-state index is 0.113. The molecule has 2 atom stereocenters. The first-order valence-corrected chi connectivity index (χ1v) is 11.3. The summed E-state index contributed by atoms with van der Waals surface area (Å²) in [5.74, 6) is -0.755. The Kier molecular flexibility index (Phi) is 5.53. The summed E-state index contributed by atoms with van der Waals surface area (Å²) in [5, 5.41) is 5.91. The van der Waals surface area contributed by atoms with Crippen molar-refractivity contribution < 1.29 is 14.4 Å². The van der Waals surface area contributed by atoms with Crippen molar-refractivity contribution in [2.24, 2.45) is 0 Å². The number of hydrogen-bond acceptors (Lipinski definition) is 5. The Hall–Kier alpha value is -3.03. The number of likely N-dealkylation sites (N-methyl/N-ethyl adjacent to an activating group) is 1. The van der Waals surface area contributed by atoms with Crippen LogP contribution in [0.25, 0.3) is 0 Å². The Morgan fingerprint density at radius 2 is 1.84 bits per heavy atom. The van der Waals surface area contributed by atoms with Gasteiger partial charge in [0.15, 0.2) is 0 Å². The molecule has 3 aliphatic heterocycles. The molecule has 2 aromatic rings. The van der Waals surface area contributed by atoms with E-state index < -0.39 is 6.04 Å². The van der Waals surface area contributed by atoms with Crippen molar-refractivity contribution in [3.63, 3.8) is 0 Å². The Morgan fingerprint density at radius 3 is 2.69 bits per heavy atom. The van der Waals surface area contributed by atoms with E-state index in [0.29, 0.717) is 25.1 Å². The molecule has 0 bridgehead atoms. The molecular formula is C25H28N4O3. The lowest BCUT2D eigenvalue weighted by molar-refractivity contribution is -0.136. The first-order chi connectivity index (χ1) is 15.5. The van der Waals surface area contributed by atoms with Crippen LogP contribution in [-0.2, 0) is 29.1 Å². The summed E-state index contributed by atoms with van der Waals surface area (Å²) in [7, 11) is 2.10. The molecule has 7 heteroatoms. The second kappa shape index (κ2) is 8.48. The smallest absolute Gasteiger partial charge is 0.255 e. The fraction of sp³-hybridized carbons (Fsp3) is 0.400. The molecule has 166 valence electrons. The van der Waals surface area contributed by atoms with E-state index in [1.807, 2.05) is 18.2 Å². The normalized spacial score (nSPS) is 23.1. The zero-order valence-corrected chi connectivity index (χ0v) is 18.3. The molecule has 0 spiro atoms. The van der Waals surface area contributed by atoms with Gasteiger partial charge >= 0.3 is 0 Å². The summed E-state index contributed by atoms with van der Waals surface area (Å²) < 4.78 is 0. The number of carbonyl (C=O) groups is 3. The maximum atomic E-state index is 13.4. The molecule has 0 saturated carbocycles. The molecule has 32 heavy (non-hydrogen) atoms. The quantitative estimate of drug-likeness (QED) is 0.720. The standard InChI is InChI=1S/C25H28N4O3/c1-28(21-13-26-12-11-16-5-2-3-8-19(16)21)14-17-6-4-7-18-15-29(25(32)23(17)18)20-9-10-22(30)27-24(20)31/h2-8,20-21,26H,9-15H2,1H3,(H,27,30,31). The maximum Gasteiger partial charge on any atom is 0.255 e. The van der Waals surface area contributed by atoms with Crippen molar-refractivity contribution in [3.8, 4) is 0 Å². The Morgan fingerprint density at radius 1 is 1.03 bits per heavy atom. The first-order valence-electron chi connectivity index (χ1n) is 11.3. The van der Waals surface area contributed by atoms with Crippen LogP contribution in [0.3, 0.4) is 0 Å². The first kappa shape index (κ1) is 20.8. The third-order valence-electron chi connectivity index (χ3n) is 6.91. The molecule has 2 N–H and O–H groups in total. The number of piperidine rings is 1. The number of rotatable bonds is 4. The molecule has 0 aromatic heterocycles. The van der Waals surface area contributed by atoms with E-state index in [0.717, 1.165) is 30.6 Å². The molecule has 2 unspecified atom stereocenters. The summed E-state index contributed by atoms with van der Waals surface area (Å²) in [5.41, 5.74) is 5.34. The number of nitrogens with zero attached hydrogens (tertiary/aromatic N) is 2. The van der Waals surface area contributed by atoms with Gasteiger partial charge in [-0.15, -0.1) is 0 Å². The van der Waals surface area contributed by atoms with E-state index >= 15 is 0 Å². The van der Waals surface area contributed by atoms with Crippen LogP contribution in [0.4, 0.5) is 0 Å². The second-order valence-corrected chi connectivity index (χ2v) is 8.94. The predicted molar refractivity (Wildman–Crippen MR) is 120 cm³/mol. The summed E-state index contributed by atoms with van der Waals surface area (Å²) in [6.45, 7) is 2.87. The Labute approximate surface area is 187 Å². The van der Waals surface area contributed by atoms with Crippen LogP contribution in [0.1, 0.15) is 51.5 Å². The average Bonchev–Trinajstić information content (AvgIpc) is 2.97. The molecular weight excluding hydrogens is 404 g/mol. The molecule has 3 aliphatic rings. The Balaban J connectivity index is 1.39. The van der Waals surface area contributed by atoms with Crippen molar-refractivity contribution in [1.29, 1.82) is 0 Å². The van der Waals surface area contributed by atoms with Crippen molar-refractivity contribution in [2.45, 2.75) is 44.4 Å². The van der Waals surface area contributed by atoms with Gasteiger partial charge in [-0.05, 0) is 48.7 Å². The van der Waals surface area contributed by atoms with E-state index in [-0.39, 0.29) is 30.2 Å². The van der Waals surface area contributed by atoms with Gasteiger partial charge in [-0.1, -0.05) is 42.5 Å². The highest BCUT2D eigenvalue weighted by molar-refractivity contribution is 6.06. The number of hydrogen-bond donors (Lipinski definition) is 2. The highest BCUT2D eigenvalue weighted by Gasteiger charge is 2.40. The highest BCUT2D eigenvalue weighted by atomic mass is 16.2. The Bertz CT molecular complexity index is 1080. The minimum Gasteiger partial charge on any atom is -0.322 e. The van der Waals surface area contributed by atoms with Gasteiger partial charge < -0.3 is 10.2 Å². The summed E-state index contributed by atoms with van der Waals surface area (Å²) in [6, 6.07) is 14.2. The molecule has 0 aliphatic carbocycles. The van der Waals surface area contributed by atoms with E-state index in [2.05, 4.69) is 46.8 Å². The summed E-state index contributed by atoms with van der Waals surface area (Å²) in [4.78, 5) is 41.2. The van der Waals surface area contributed by atoms with Crippen molar-refractivity contribution in [1.82, 2.24) is 20.4 Å². The average molecular weight is 433 g/mol. The monoisotopic (exact) mass is 432 g/mol. The van der Waals surface area contributed by atoms with Crippen LogP contribution < -0.4 is 10.6 Å².